The maximum Gasteiger partial charge on any atom is 0.306 e. The van der Waals surface area contributed by atoms with E-state index in [4.69, 9.17) is 14.2 Å². The second kappa shape index (κ2) is 53.2. The molecule has 1 unspecified atom stereocenters. The number of ether oxygens (including phenoxy) is 3. The van der Waals surface area contributed by atoms with Gasteiger partial charge >= 0.3 is 17.9 Å². The van der Waals surface area contributed by atoms with Crippen molar-refractivity contribution >= 4 is 17.9 Å². The van der Waals surface area contributed by atoms with Gasteiger partial charge in [-0.25, -0.2) is 0 Å². The molecule has 0 saturated heterocycles. The maximum absolute atomic E-state index is 12.8. The summed E-state index contributed by atoms with van der Waals surface area (Å²) in [7, 11) is 0. The van der Waals surface area contributed by atoms with Gasteiger partial charge in [0, 0.05) is 19.3 Å². The molecule has 0 amide bonds. The van der Waals surface area contributed by atoms with Crippen LogP contribution in [0.3, 0.4) is 0 Å². The van der Waals surface area contributed by atoms with Crippen molar-refractivity contribution in [3.63, 3.8) is 0 Å². The fourth-order valence-electron chi connectivity index (χ4n) is 7.44. The van der Waals surface area contributed by atoms with Crippen molar-refractivity contribution in [1.82, 2.24) is 0 Å². The molecule has 0 saturated carbocycles. The zero-order valence-electron chi connectivity index (χ0n) is 42.5. The fraction of sp³-hybridized carbons (Fsp3) is 0.712. The van der Waals surface area contributed by atoms with Crippen LogP contribution < -0.4 is 0 Å². The highest BCUT2D eigenvalue weighted by atomic mass is 16.6. The van der Waals surface area contributed by atoms with E-state index in [9.17, 15) is 14.4 Å². The standard InChI is InChI=1S/C59H100O6/c1-4-7-10-13-16-19-22-25-27-29-31-34-37-40-43-46-49-52-58(61)64-55-56(54-63-57(60)51-48-45-42-39-36-33-24-21-18-15-12-9-6-3)65-59(62)53-50-47-44-41-38-35-32-30-28-26-23-20-17-14-11-8-5-2/h9,12,15-16,18-19,21,24-25,27,33,36,39,42,56H,4-8,10-11,13-14,17,20,22-23,26,28-32,34-35,37-38,40-41,43-55H2,1-3H3/b12-9+,18-15+,19-16+,24-21+,27-25+,36-33+,42-39+. The highest BCUT2D eigenvalue weighted by Crippen LogP contribution is 2.16. The van der Waals surface area contributed by atoms with E-state index in [0.717, 1.165) is 64.2 Å². The molecule has 6 heteroatoms. The van der Waals surface area contributed by atoms with Gasteiger partial charge in [0.25, 0.3) is 0 Å². The Kier molecular flexibility index (Phi) is 50.4. The predicted octanol–water partition coefficient (Wildman–Crippen LogP) is 18.0. The number of rotatable bonds is 48. The fourth-order valence-corrected chi connectivity index (χ4v) is 7.44. The Morgan fingerprint density at radius 1 is 0.338 bits per heavy atom. The molecule has 0 bridgehead atoms. The van der Waals surface area contributed by atoms with Crippen LogP contribution in [-0.2, 0) is 28.6 Å². The molecule has 0 heterocycles. The number of allylic oxidation sites excluding steroid dienone is 14. The number of esters is 3. The van der Waals surface area contributed by atoms with E-state index in [1.165, 1.54) is 141 Å². The molecule has 0 spiro atoms. The minimum atomic E-state index is -0.807. The Hall–Kier alpha value is -3.41. The van der Waals surface area contributed by atoms with E-state index >= 15 is 0 Å². The molecule has 65 heavy (non-hydrogen) atoms. The van der Waals surface area contributed by atoms with E-state index in [-0.39, 0.29) is 37.5 Å². The van der Waals surface area contributed by atoms with Gasteiger partial charge < -0.3 is 14.2 Å². The van der Waals surface area contributed by atoms with Crippen molar-refractivity contribution in [2.75, 3.05) is 13.2 Å². The van der Waals surface area contributed by atoms with Crippen LogP contribution in [0.15, 0.2) is 85.1 Å². The molecule has 0 aromatic carbocycles. The summed E-state index contributed by atoms with van der Waals surface area (Å²) in [6.07, 6.45) is 68.6. The summed E-state index contributed by atoms with van der Waals surface area (Å²) in [5.74, 6) is -0.981. The van der Waals surface area contributed by atoms with Crippen molar-refractivity contribution in [2.24, 2.45) is 0 Å². The molecular weight excluding hydrogens is 805 g/mol. The monoisotopic (exact) mass is 905 g/mol. The number of unbranched alkanes of at least 4 members (excludes halogenated alkanes) is 27. The number of hydrogen-bond acceptors (Lipinski definition) is 6. The molecule has 0 radical (unpaired) electrons. The lowest BCUT2D eigenvalue weighted by Gasteiger charge is -2.18. The number of hydrogen-bond donors (Lipinski definition) is 0. The van der Waals surface area contributed by atoms with Gasteiger partial charge in [0.15, 0.2) is 6.10 Å². The quantitative estimate of drug-likeness (QED) is 0.0199. The molecule has 0 N–H and O–H groups in total. The van der Waals surface area contributed by atoms with Gasteiger partial charge in [-0.2, -0.15) is 0 Å². The second-order valence-electron chi connectivity index (χ2n) is 17.9. The van der Waals surface area contributed by atoms with E-state index in [0.29, 0.717) is 19.3 Å². The van der Waals surface area contributed by atoms with Crippen molar-refractivity contribution in [1.29, 1.82) is 0 Å². The predicted molar refractivity (Wildman–Crippen MR) is 279 cm³/mol. The van der Waals surface area contributed by atoms with Gasteiger partial charge in [0.1, 0.15) is 13.2 Å². The lowest BCUT2D eigenvalue weighted by molar-refractivity contribution is -0.167. The average molecular weight is 905 g/mol. The van der Waals surface area contributed by atoms with Crippen LogP contribution in [0.2, 0.25) is 0 Å². The highest BCUT2D eigenvalue weighted by molar-refractivity contribution is 5.71. The van der Waals surface area contributed by atoms with Crippen LogP contribution in [0.25, 0.3) is 0 Å². The Morgan fingerprint density at radius 3 is 1.14 bits per heavy atom. The Bertz CT molecular complexity index is 1270. The summed E-state index contributed by atoms with van der Waals surface area (Å²) in [6.45, 7) is 6.41. The Labute approximate surface area is 401 Å². The number of carbonyl (C=O) groups is 3. The molecule has 0 fully saturated rings. The van der Waals surface area contributed by atoms with Crippen LogP contribution in [-0.4, -0.2) is 37.2 Å². The van der Waals surface area contributed by atoms with Gasteiger partial charge in [-0.3, -0.25) is 14.4 Å². The van der Waals surface area contributed by atoms with Gasteiger partial charge in [0.05, 0.1) is 0 Å². The molecule has 0 aromatic heterocycles. The third kappa shape index (κ3) is 51.4. The Morgan fingerprint density at radius 2 is 0.677 bits per heavy atom. The van der Waals surface area contributed by atoms with Crippen LogP contribution >= 0.6 is 0 Å². The SMILES string of the molecule is CC/C=C/C=C/C=C/C=C/C=C/CCCC(=O)OCC(COC(=O)CCCCCCCCC/C=C/C/C=C/CCCCC)OC(=O)CCCCCCCCCCCCCCCCCCC. The van der Waals surface area contributed by atoms with Crippen molar-refractivity contribution in [2.45, 2.75) is 258 Å². The largest absolute Gasteiger partial charge is 0.462 e. The summed E-state index contributed by atoms with van der Waals surface area (Å²) in [4.78, 5) is 38.0. The topological polar surface area (TPSA) is 78.9 Å². The number of carbonyl (C=O) groups excluding carboxylic acids is 3. The summed E-state index contributed by atoms with van der Waals surface area (Å²) in [5.41, 5.74) is 0. The maximum atomic E-state index is 12.8. The molecule has 0 aromatic rings. The second-order valence-corrected chi connectivity index (χ2v) is 17.9. The van der Waals surface area contributed by atoms with E-state index in [1.807, 2.05) is 54.7 Å². The Balaban J connectivity index is 4.45. The first kappa shape index (κ1) is 61.6. The minimum Gasteiger partial charge on any atom is -0.462 e. The molecule has 6 nitrogen and oxygen atoms in total. The lowest BCUT2D eigenvalue weighted by Crippen LogP contribution is -2.30. The van der Waals surface area contributed by atoms with Gasteiger partial charge in [0.2, 0.25) is 0 Å². The average Bonchev–Trinajstić information content (AvgIpc) is 3.30. The third-order valence-electron chi connectivity index (χ3n) is 11.5. The van der Waals surface area contributed by atoms with Crippen molar-refractivity contribution < 1.29 is 28.6 Å². The first-order valence-corrected chi connectivity index (χ1v) is 27.2. The molecule has 1 atom stereocenters. The summed E-state index contributed by atoms with van der Waals surface area (Å²) < 4.78 is 16.8. The normalized spacial score (nSPS) is 12.7. The van der Waals surface area contributed by atoms with E-state index < -0.39 is 6.10 Å². The van der Waals surface area contributed by atoms with Crippen molar-refractivity contribution in [3.05, 3.63) is 85.1 Å². The molecule has 0 aliphatic carbocycles. The van der Waals surface area contributed by atoms with Gasteiger partial charge in [-0.1, -0.05) is 254 Å². The van der Waals surface area contributed by atoms with Gasteiger partial charge in [-0.05, 0) is 64.2 Å². The smallest absolute Gasteiger partial charge is 0.306 e. The molecular formula is C59H100O6. The molecule has 0 aliphatic rings. The van der Waals surface area contributed by atoms with Crippen LogP contribution in [0, 0.1) is 0 Å². The zero-order valence-corrected chi connectivity index (χ0v) is 42.5. The van der Waals surface area contributed by atoms with E-state index in [1.54, 1.807) is 0 Å². The molecule has 0 aliphatic heterocycles. The first-order chi connectivity index (χ1) is 32.0. The first-order valence-electron chi connectivity index (χ1n) is 27.2. The minimum absolute atomic E-state index is 0.102. The summed E-state index contributed by atoms with van der Waals surface area (Å²) in [6, 6.07) is 0. The summed E-state index contributed by atoms with van der Waals surface area (Å²) in [5, 5.41) is 0. The zero-order chi connectivity index (χ0) is 47.2. The lowest BCUT2D eigenvalue weighted by atomic mass is 10.0. The highest BCUT2D eigenvalue weighted by Gasteiger charge is 2.19. The van der Waals surface area contributed by atoms with Crippen LogP contribution in [0.1, 0.15) is 252 Å². The van der Waals surface area contributed by atoms with Crippen LogP contribution in [0.4, 0.5) is 0 Å². The third-order valence-corrected chi connectivity index (χ3v) is 11.5. The summed E-state index contributed by atoms with van der Waals surface area (Å²) >= 11 is 0. The van der Waals surface area contributed by atoms with Crippen molar-refractivity contribution in [3.8, 4) is 0 Å². The van der Waals surface area contributed by atoms with Gasteiger partial charge in [-0.15, -0.1) is 0 Å². The van der Waals surface area contributed by atoms with E-state index in [2.05, 4.69) is 51.2 Å². The molecule has 0 rings (SSSR count). The van der Waals surface area contributed by atoms with Crippen LogP contribution in [0.5, 0.6) is 0 Å². The molecule has 372 valence electrons.